The minimum absolute atomic E-state index is 0.00906. The number of hydrogen-bond donors (Lipinski definition) is 1. The molecule has 1 aliphatic carbocycles. The highest BCUT2D eigenvalue weighted by atomic mass is 16.5. The summed E-state index contributed by atoms with van der Waals surface area (Å²) in [5.74, 6) is -3.03. The number of methoxy groups -OCH3 is 2. The zero-order chi connectivity index (χ0) is 28.0. The summed E-state index contributed by atoms with van der Waals surface area (Å²) < 4.78 is 20.3. The number of rotatable bonds is 9. The fourth-order valence-electron chi connectivity index (χ4n) is 3.82. The van der Waals surface area contributed by atoms with Gasteiger partial charge in [-0.1, -0.05) is 6.07 Å². The molecule has 38 heavy (non-hydrogen) atoms. The molecule has 198 valence electrons. The van der Waals surface area contributed by atoms with Gasteiger partial charge in [-0.15, -0.1) is 0 Å². The first-order chi connectivity index (χ1) is 18.1. The van der Waals surface area contributed by atoms with Crippen LogP contribution in [0.25, 0.3) is 0 Å². The summed E-state index contributed by atoms with van der Waals surface area (Å²) in [6.45, 7) is 4.66. The molecule has 1 amide bonds. The number of benzene rings is 2. The molecular weight excluding hydrogens is 494 g/mol. The molecule has 2 aromatic carbocycles. The highest BCUT2D eigenvalue weighted by molar-refractivity contribution is 6.23. The van der Waals surface area contributed by atoms with E-state index in [4.69, 9.17) is 18.9 Å². The molecule has 1 N–H and O–H groups in total. The lowest BCUT2D eigenvalue weighted by Crippen LogP contribution is -2.26. The predicted molar refractivity (Wildman–Crippen MR) is 136 cm³/mol. The van der Waals surface area contributed by atoms with E-state index >= 15 is 0 Å². The molecule has 0 fully saturated rings. The molecule has 0 unspecified atom stereocenters. The van der Waals surface area contributed by atoms with Gasteiger partial charge in [0.25, 0.3) is 5.91 Å². The monoisotopic (exact) mass is 521 g/mol. The van der Waals surface area contributed by atoms with Crippen LogP contribution >= 0.6 is 0 Å². The third-order valence-corrected chi connectivity index (χ3v) is 5.67. The minimum Gasteiger partial charge on any atom is -0.489 e. The summed E-state index contributed by atoms with van der Waals surface area (Å²) in [6.07, 6.45) is 0.00906. The molecule has 0 spiro atoms. The van der Waals surface area contributed by atoms with Crippen molar-refractivity contribution in [2.24, 2.45) is 0 Å². The molecule has 0 saturated carbocycles. The number of ketones is 2. The third kappa shape index (κ3) is 5.97. The number of amides is 1. The Hall–Kier alpha value is -4.73. The Morgan fingerprint density at radius 3 is 2.11 bits per heavy atom. The van der Waals surface area contributed by atoms with Gasteiger partial charge in [0.05, 0.1) is 32.0 Å². The maximum Gasteiger partial charge on any atom is 0.338 e. The number of esters is 2. The smallest absolute Gasteiger partial charge is 0.338 e. The van der Waals surface area contributed by atoms with Gasteiger partial charge < -0.3 is 24.3 Å². The summed E-state index contributed by atoms with van der Waals surface area (Å²) in [5.41, 5.74) is 1.63. The van der Waals surface area contributed by atoms with Crippen LogP contribution in [0.4, 0.5) is 5.69 Å². The molecule has 0 radical (unpaired) electrons. The second kappa shape index (κ2) is 12.0. The van der Waals surface area contributed by atoms with Gasteiger partial charge in [-0.25, -0.2) is 4.79 Å². The van der Waals surface area contributed by atoms with Crippen molar-refractivity contribution >= 4 is 35.1 Å². The summed E-state index contributed by atoms with van der Waals surface area (Å²) in [7, 11) is 2.55. The summed E-state index contributed by atoms with van der Waals surface area (Å²) >= 11 is 0. The molecule has 0 atom stereocenters. The number of hydrogen-bond acceptors (Lipinski definition) is 9. The van der Waals surface area contributed by atoms with Gasteiger partial charge in [-0.3, -0.25) is 19.2 Å². The molecule has 0 saturated heterocycles. The van der Waals surface area contributed by atoms with Crippen molar-refractivity contribution in [3.05, 3.63) is 81.8 Å². The first-order valence-corrected chi connectivity index (χ1v) is 11.6. The lowest BCUT2D eigenvalue weighted by atomic mass is 9.88. The van der Waals surface area contributed by atoms with E-state index < -0.39 is 29.4 Å². The van der Waals surface area contributed by atoms with E-state index in [2.05, 4.69) is 5.32 Å². The van der Waals surface area contributed by atoms with Crippen LogP contribution in [0.5, 0.6) is 5.75 Å². The summed E-state index contributed by atoms with van der Waals surface area (Å²) in [5, 5.41) is 2.70. The Kier molecular flexibility index (Phi) is 8.80. The summed E-state index contributed by atoms with van der Waals surface area (Å²) in [4.78, 5) is 62.4. The third-order valence-electron chi connectivity index (χ3n) is 5.67. The number of ether oxygens (including phenoxy) is 4. The standard InChI is InChI=1S/C28H27NO9/c1-6-37-28(34)18-8-10-19(11-9-18)29-27(33)21-14-17(7-12-22(21)38-16(3)30)13-20-15(2)23(31)25(35-4)26(36-5)24(20)32/h7-12,14H,6,13H2,1-5H3,(H,29,33). The quantitative estimate of drug-likeness (QED) is 0.299. The molecule has 10 heteroatoms. The fraction of sp³-hybridized carbons (Fsp3) is 0.250. The first kappa shape index (κ1) is 27.9. The maximum atomic E-state index is 13.2. The molecule has 0 aliphatic heterocycles. The van der Waals surface area contributed by atoms with Crippen LogP contribution in [0.15, 0.2) is 65.1 Å². The highest BCUT2D eigenvalue weighted by Gasteiger charge is 2.34. The van der Waals surface area contributed by atoms with E-state index in [-0.39, 0.29) is 47.0 Å². The number of nitrogens with one attached hydrogen (secondary N) is 1. The van der Waals surface area contributed by atoms with Crippen LogP contribution in [0.3, 0.4) is 0 Å². The van der Waals surface area contributed by atoms with Crippen LogP contribution in [0, 0.1) is 0 Å². The number of carbonyl (C=O) groups is 5. The molecule has 3 rings (SSSR count). The van der Waals surface area contributed by atoms with Crippen molar-refractivity contribution in [2.45, 2.75) is 27.2 Å². The minimum atomic E-state index is -0.626. The van der Waals surface area contributed by atoms with Gasteiger partial charge in [0.1, 0.15) is 5.75 Å². The Morgan fingerprint density at radius 1 is 0.895 bits per heavy atom. The van der Waals surface area contributed by atoms with Gasteiger partial charge in [0.15, 0.2) is 0 Å². The zero-order valence-electron chi connectivity index (χ0n) is 21.6. The van der Waals surface area contributed by atoms with Crippen molar-refractivity contribution < 1.29 is 42.9 Å². The second-order valence-electron chi connectivity index (χ2n) is 8.18. The first-order valence-electron chi connectivity index (χ1n) is 11.6. The normalized spacial score (nSPS) is 13.3. The van der Waals surface area contributed by atoms with Gasteiger partial charge in [0.2, 0.25) is 23.1 Å². The van der Waals surface area contributed by atoms with Crippen molar-refractivity contribution in [1.29, 1.82) is 0 Å². The SMILES string of the molecule is CCOC(=O)c1ccc(NC(=O)c2cc(CC3=C(C)C(=O)C(OC)=C(OC)C3=O)ccc2OC(C)=O)cc1. The average Bonchev–Trinajstić information content (AvgIpc) is 2.89. The molecule has 2 aromatic rings. The summed E-state index contributed by atoms with van der Waals surface area (Å²) in [6, 6.07) is 10.6. The van der Waals surface area contributed by atoms with E-state index in [0.29, 0.717) is 16.8 Å². The lowest BCUT2D eigenvalue weighted by Gasteiger charge is -2.20. The van der Waals surface area contributed by atoms with Crippen LogP contribution in [0.1, 0.15) is 47.1 Å². The molecule has 10 nitrogen and oxygen atoms in total. The average molecular weight is 522 g/mol. The van der Waals surface area contributed by atoms with Crippen molar-refractivity contribution in [3.63, 3.8) is 0 Å². The van der Waals surface area contributed by atoms with E-state index in [0.717, 1.165) is 0 Å². The molecule has 1 aliphatic rings. The van der Waals surface area contributed by atoms with Crippen molar-refractivity contribution in [1.82, 2.24) is 0 Å². The topological polar surface area (TPSA) is 134 Å². The molecule has 0 aromatic heterocycles. The number of Topliss-reactive ketones (excluding diaryl/α,β-unsaturated/α-hetero) is 2. The van der Waals surface area contributed by atoms with Crippen molar-refractivity contribution in [3.8, 4) is 5.75 Å². The maximum absolute atomic E-state index is 13.2. The van der Waals surface area contributed by atoms with Crippen LogP contribution in [0.2, 0.25) is 0 Å². The molecule has 0 bridgehead atoms. The molecular formula is C28H27NO9. The van der Waals surface area contributed by atoms with Gasteiger partial charge in [-0.2, -0.15) is 0 Å². The van der Waals surface area contributed by atoms with E-state index in [1.165, 1.54) is 64.5 Å². The van der Waals surface area contributed by atoms with Gasteiger partial charge in [0, 0.05) is 30.2 Å². The second-order valence-corrected chi connectivity index (χ2v) is 8.18. The number of carbonyl (C=O) groups excluding carboxylic acids is 5. The Bertz CT molecular complexity index is 1370. The van der Waals surface area contributed by atoms with Crippen LogP contribution in [-0.4, -0.2) is 50.2 Å². The number of anilines is 1. The Labute approximate surface area is 219 Å². The van der Waals surface area contributed by atoms with Gasteiger partial charge in [-0.05, 0) is 55.8 Å². The largest absolute Gasteiger partial charge is 0.489 e. The number of allylic oxidation sites excluding steroid dienone is 2. The van der Waals surface area contributed by atoms with E-state index in [1.54, 1.807) is 13.0 Å². The van der Waals surface area contributed by atoms with Crippen molar-refractivity contribution in [2.75, 3.05) is 26.1 Å². The van der Waals surface area contributed by atoms with Crippen LogP contribution < -0.4 is 10.1 Å². The zero-order valence-corrected chi connectivity index (χ0v) is 21.6. The van der Waals surface area contributed by atoms with Gasteiger partial charge >= 0.3 is 11.9 Å². The highest BCUT2D eigenvalue weighted by Crippen LogP contribution is 2.30. The van der Waals surface area contributed by atoms with Crippen LogP contribution in [-0.2, 0) is 35.0 Å². The Morgan fingerprint density at radius 2 is 1.53 bits per heavy atom. The lowest BCUT2D eigenvalue weighted by molar-refractivity contribution is -0.131. The van der Waals surface area contributed by atoms with E-state index in [1.807, 2.05) is 0 Å². The fourth-order valence-corrected chi connectivity index (χ4v) is 3.82. The molecule has 0 heterocycles. The van der Waals surface area contributed by atoms with E-state index in [9.17, 15) is 24.0 Å². The predicted octanol–water partition coefficient (Wildman–Crippen LogP) is 3.56. The Balaban J connectivity index is 1.92.